The van der Waals surface area contributed by atoms with Crippen LogP contribution in [0.15, 0.2) is 45.3 Å². The highest BCUT2D eigenvalue weighted by Gasteiger charge is 2.31. The molecule has 0 bridgehead atoms. The van der Waals surface area contributed by atoms with Gasteiger partial charge in [-0.05, 0) is 42.3 Å². The number of para-hydroxylation sites is 1. The van der Waals surface area contributed by atoms with Gasteiger partial charge in [0.15, 0.2) is 5.75 Å². The summed E-state index contributed by atoms with van der Waals surface area (Å²) >= 11 is 1.66. The number of hydrogen-bond donors (Lipinski definition) is 2. The molecule has 0 radical (unpaired) electrons. The Morgan fingerprint density at radius 2 is 1.79 bits per heavy atom. The van der Waals surface area contributed by atoms with Crippen molar-refractivity contribution in [2.75, 3.05) is 31.8 Å². The Labute approximate surface area is 197 Å². The summed E-state index contributed by atoms with van der Waals surface area (Å²) in [6.07, 6.45) is 5.78. The monoisotopic (exact) mass is 467 g/mol. The highest BCUT2D eigenvalue weighted by molar-refractivity contribution is 7.10. The number of carbonyl (C=O) groups is 1. The van der Waals surface area contributed by atoms with Gasteiger partial charge in [-0.25, -0.2) is 0 Å². The molecule has 1 fully saturated rings. The van der Waals surface area contributed by atoms with Crippen molar-refractivity contribution in [2.24, 2.45) is 5.92 Å². The lowest BCUT2D eigenvalue weighted by Crippen LogP contribution is -2.38. The molecule has 1 aromatic heterocycles. The summed E-state index contributed by atoms with van der Waals surface area (Å²) in [5.74, 6) is 0.524. The average molecular weight is 468 g/mol. The first-order valence-electron chi connectivity index (χ1n) is 11.2. The molecular formula is C25H29N3O4S. The van der Waals surface area contributed by atoms with Crippen LogP contribution in [-0.2, 0) is 0 Å². The van der Waals surface area contributed by atoms with Crippen molar-refractivity contribution < 1.29 is 9.53 Å². The number of nitrogens with one attached hydrogen (secondary N) is 2. The third-order valence-corrected chi connectivity index (χ3v) is 7.25. The number of nitrogens with zero attached hydrogens (tertiary/aromatic N) is 1. The molecule has 1 unspecified atom stereocenters. The molecule has 1 aliphatic carbocycles. The van der Waals surface area contributed by atoms with E-state index < -0.39 is 10.9 Å². The smallest absolute Gasteiger partial charge is 0.257 e. The van der Waals surface area contributed by atoms with Crippen LogP contribution in [0.25, 0.3) is 0 Å². The maximum absolute atomic E-state index is 12.6. The van der Waals surface area contributed by atoms with Crippen LogP contribution in [-0.4, -0.2) is 32.0 Å². The molecular weight excluding hydrogens is 438 g/mol. The minimum Gasteiger partial charge on any atom is -0.494 e. The number of anilines is 3. The Morgan fingerprint density at radius 3 is 2.42 bits per heavy atom. The summed E-state index contributed by atoms with van der Waals surface area (Å²) in [6.45, 7) is 0. The molecule has 8 heteroatoms. The van der Waals surface area contributed by atoms with E-state index in [9.17, 15) is 14.4 Å². The normalized spacial score (nSPS) is 15.2. The van der Waals surface area contributed by atoms with E-state index in [1.54, 1.807) is 43.6 Å². The van der Waals surface area contributed by atoms with Crippen LogP contribution < -0.4 is 26.2 Å². The van der Waals surface area contributed by atoms with Gasteiger partial charge >= 0.3 is 0 Å². The van der Waals surface area contributed by atoms with Crippen molar-refractivity contribution >= 4 is 34.3 Å². The molecule has 1 aliphatic rings. The number of methoxy groups -OCH3 is 1. The topological polar surface area (TPSA) is 87.7 Å². The lowest BCUT2D eigenvalue weighted by atomic mass is 9.83. The predicted octanol–water partition coefficient (Wildman–Crippen LogP) is 4.53. The Morgan fingerprint density at radius 1 is 1.06 bits per heavy atom. The highest BCUT2D eigenvalue weighted by Crippen LogP contribution is 2.40. The molecule has 1 atom stereocenters. The molecule has 4 rings (SSSR count). The van der Waals surface area contributed by atoms with Gasteiger partial charge in [0.2, 0.25) is 0 Å². The van der Waals surface area contributed by atoms with E-state index >= 15 is 0 Å². The van der Waals surface area contributed by atoms with Crippen LogP contribution in [0.1, 0.15) is 53.4 Å². The predicted molar refractivity (Wildman–Crippen MR) is 133 cm³/mol. The standard InChI is InChI=1S/C25H29N3O4S/c1-28(2)25(31)16-11-7-12-17(24(16)32-3)26-20-21(23(30)22(20)29)27-19(18-13-8-14-33-18)15-9-5-4-6-10-15/h7-8,11-15,19,26-27H,4-6,9-10H2,1-3H3. The first-order valence-corrected chi connectivity index (χ1v) is 12.1. The molecule has 33 heavy (non-hydrogen) atoms. The second-order valence-electron chi connectivity index (χ2n) is 8.65. The molecule has 2 aromatic carbocycles. The molecule has 0 saturated heterocycles. The number of hydrogen-bond acceptors (Lipinski definition) is 7. The minimum absolute atomic E-state index is 0.0160. The van der Waals surface area contributed by atoms with Crippen LogP contribution in [0.3, 0.4) is 0 Å². The third-order valence-electron chi connectivity index (χ3n) is 6.30. The fourth-order valence-corrected chi connectivity index (χ4v) is 5.43. The summed E-state index contributed by atoms with van der Waals surface area (Å²) < 4.78 is 5.50. The van der Waals surface area contributed by atoms with E-state index in [-0.39, 0.29) is 17.6 Å². The van der Waals surface area contributed by atoms with Crippen LogP contribution in [0.4, 0.5) is 17.1 Å². The van der Waals surface area contributed by atoms with E-state index in [0.717, 1.165) is 17.7 Å². The lowest BCUT2D eigenvalue weighted by molar-refractivity contribution is 0.0824. The minimum atomic E-state index is -0.572. The van der Waals surface area contributed by atoms with Crippen LogP contribution in [0.2, 0.25) is 0 Å². The Kier molecular flexibility index (Phi) is 6.83. The van der Waals surface area contributed by atoms with E-state index in [0.29, 0.717) is 28.6 Å². The van der Waals surface area contributed by atoms with Gasteiger partial charge in [-0.15, -0.1) is 11.3 Å². The zero-order valence-electron chi connectivity index (χ0n) is 19.1. The molecule has 0 aliphatic heterocycles. The zero-order valence-corrected chi connectivity index (χ0v) is 20.0. The molecule has 1 amide bonds. The summed E-state index contributed by atoms with van der Waals surface area (Å²) in [7, 11) is 4.80. The number of benzene rings is 1. The van der Waals surface area contributed by atoms with Crippen LogP contribution >= 0.6 is 11.3 Å². The summed E-state index contributed by atoms with van der Waals surface area (Å²) in [5.41, 5.74) is 0.261. The summed E-state index contributed by atoms with van der Waals surface area (Å²) in [4.78, 5) is 40.3. The zero-order chi connectivity index (χ0) is 23.5. The Hall–Kier alpha value is -3.13. The van der Waals surface area contributed by atoms with Gasteiger partial charge in [0.25, 0.3) is 16.8 Å². The maximum Gasteiger partial charge on any atom is 0.257 e. The SMILES string of the molecule is COc1c(Nc2c(NC(c3cccs3)C3CCCCC3)c(=O)c2=O)cccc1C(=O)N(C)C. The van der Waals surface area contributed by atoms with Crippen molar-refractivity contribution in [3.05, 3.63) is 66.6 Å². The van der Waals surface area contributed by atoms with Gasteiger partial charge in [0, 0.05) is 19.0 Å². The molecule has 1 heterocycles. The third kappa shape index (κ3) is 4.53. The van der Waals surface area contributed by atoms with Crippen LogP contribution in [0, 0.1) is 5.92 Å². The van der Waals surface area contributed by atoms with Crippen LogP contribution in [0.5, 0.6) is 5.75 Å². The molecule has 0 spiro atoms. The van der Waals surface area contributed by atoms with Gasteiger partial charge in [-0.3, -0.25) is 14.4 Å². The highest BCUT2D eigenvalue weighted by atomic mass is 32.1. The number of amides is 1. The van der Waals surface area contributed by atoms with Crippen molar-refractivity contribution in [2.45, 2.75) is 38.1 Å². The number of carbonyl (C=O) groups excluding carboxylic acids is 1. The number of rotatable bonds is 8. The van der Waals surface area contributed by atoms with Crippen molar-refractivity contribution in [3.8, 4) is 5.75 Å². The lowest BCUT2D eigenvalue weighted by Gasteiger charge is -2.32. The van der Waals surface area contributed by atoms with Crippen molar-refractivity contribution in [1.29, 1.82) is 0 Å². The molecule has 3 aromatic rings. The van der Waals surface area contributed by atoms with Gasteiger partial charge in [-0.1, -0.05) is 31.4 Å². The van der Waals surface area contributed by atoms with E-state index in [1.807, 2.05) is 11.4 Å². The van der Waals surface area contributed by atoms with E-state index in [1.165, 1.54) is 31.3 Å². The maximum atomic E-state index is 12.6. The average Bonchev–Trinajstić information content (AvgIpc) is 3.37. The van der Waals surface area contributed by atoms with Crippen molar-refractivity contribution in [3.63, 3.8) is 0 Å². The molecule has 174 valence electrons. The van der Waals surface area contributed by atoms with Gasteiger partial charge in [0.1, 0.15) is 11.4 Å². The molecule has 2 N–H and O–H groups in total. The molecule has 1 saturated carbocycles. The van der Waals surface area contributed by atoms with E-state index in [2.05, 4.69) is 16.7 Å². The summed E-state index contributed by atoms with van der Waals surface area (Å²) in [5, 5.41) is 8.51. The first kappa shape index (κ1) is 23.0. The Bertz CT molecular complexity index is 1190. The second-order valence-corrected chi connectivity index (χ2v) is 9.63. The van der Waals surface area contributed by atoms with E-state index in [4.69, 9.17) is 4.74 Å². The summed E-state index contributed by atoms with van der Waals surface area (Å²) in [6, 6.07) is 9.19. The largest absolute Gasteiger partial charge is 0.494 e. The fourth-order valence-electron chi connectivity index (χ4n) is 4.56. The molecule has 7 nitrogen and oxygen atoms in total. The van der Waals surface area contributed by atoms with Gasteiger partial charge in [-0.2, -0.15) is 0 Å². The first-order chi connectivity index (χ1) is 15.9. The second kappa shape index (κ2) is 9.79. The Balaban J connectivity index is 1.65. The quantitative estimate of drug-likeness (QED) is 0.473. The van der Waals surface area contributed by atoms with Crippen molar-refractivity contribution in [1.82, 2.24) is 4.90 Å². The fraction of sp³-hybridized carbons (Fsp3) is 0.400. The van der Waals surface area contributed by atoms with Gasteiger partial charge < -0.3 is 20.3 Å². The van der Waals surface area contributed by atoms with Gasteiger partial charge in [0.05, 0.1) is 24.4 Å². The number of thiophene rings is 1. The number of ether oxygens (including phenoxy) is 1.